The van der Waals surface area contributed by atoms with E-state index >= 15 is 0 Å². The lowest BCUT2D eigenvalue weighted by Crippen LogP contribution is -2.31. The van der Waals surface area contributed by atoms with Crippen LogP contribution in [-0.4, -0.2) is 37.6 Å². The third kappa shape index (κ3) is 2.99. The Labute approximate surface area is 80.1 Å². The molecule has 1 aliphatic rings. The molecule has 0 aromatic heterocycles. The van der Waals surface area contributed by atoms with Crippen molar-refractivity contribution in [2.45, 2.75) is 26.2 Å². The summed E-state index contributed by atoms with van der Waals surface area (Å²) in [6.07, 6.45) is 3.43. The van der Waals surface area contributed by atoms with Gasteiger partial charge in [-0.2, -0.15) is 0 Å². The van der Waals surface area contributed by atoms with Crippen LogP contribution < -0.4 is 0 Å². The number of ether oxygens (including phenoxy) is 1. The number of hydrogen-bond donors (Lipinski definition) is 0. The molecule has 0 N–H and O–H groups in total. The third-order valence-corrected chi connectivity index (χ3v) is 2.70. The van der Waals surface area contributed by atoms with Gasteiger partial charge in [-0.1, -0.05) is 6.92 Å². The molecular formula is C10H19NO2. The van der Waals surface area contributed by atoms with Crippen LogP contribution in [0.1, 0.15) is 26.2 Å². The number of esters is 1. The Kier molecular flexibility index (Phi) is 4.22. The molecule has 0 amide bonds. The van der Waals surface area contributed by atoms with Crippen molar-refractivity contribution >= 4 is 5.97 Å². The van der Waals surface area contributed by atoms with Gasteiger partial charge in [-0.3, -0.25) is 4.79 Å². The third-order valence-electron chi connectivity index (χ3n) is 2.70. The molecule has 0 aromatic carbocycles. The monoisotopic (exact) mass is 185 g/mol. The number of rotatable bonds is 4. The van der Waals surface area contributed by atoms with E-state index < -0.39 is 0 Å². The quantitative estimate of drug-likeness (QED) is 0.618. The predicted octanol–water partition coefficient (Wildman–Crippen LogP) is 1.28. The first kappa shape index (κ1) is 10.5. The highest BCUT2D eigenvalue weighted by molar-refractivity contribution is 5.72. The first-order chi connectivity index (χ1) is 6.27. The van der Waals surface area contributed by atoms with E-state index in [0.717, 1.165) is 26.1 Å². The van der Waals surface area contributed by atoms with Gasteiger partial charge in [0.25, 0.3) is 0 Å². The molecule has 1 heterocycles. The van der Waals surface area contributed by atoms with Crippen molar-refractivity contribution in [3.63, 3.8) is 0 Å². The van der Waals surface area contributed by atoms with Crippen LogP contribution in [0.4, 0.5) is 0 Å². The average molecular weight is 185 g/mol. The van der Waals surface area contributed by atoms with Gasteiger partial charge in [-0.15, -0.1) is 0 Å². The van der Waals surface area contributed by atoms with E-state index in [1.54, 1.807) is 0 Å². The Hall–Kier alpha value is -0.570. The maximum Gasteiger partial charge on any atom is 0.309 e. The predicted molar refractivity (Wildman–Crippen MR) is 51.5 cm³/mol. The molecule has 3 heteroatoms. The second-order valence-electron chi connectivity index (χ2n) is 3.64. The van der Waals surface area contributed by atoms with Gasteiger partial charge >= 0.3 is 5.97 Å². The van der Waals surface area contributed by atoms with Gasteiger partial charge in [0.2, 0.25) is 0 Å². The van der Waals surface area contributed by atoms with Crippen LogP contribution in [0.15, 0.2) is 0 Å². The lowest BCUT2D eigenvalue weighted by Gasteiger charge is -2.20. The minimum atomic E-state index is -0.0607. The molecule has 1 rings (SSSR count). The van der Waals surface area contributed by atoms with Crippen molar-refractivity contribution in [3.05, 3.63) is 0 Å². The molecule has 1 unspecified atom stereocenters. The second kappa shape index (κ2) is 5.22. The Balaban J connectivity index is 2.33. The van der Waals surface area contributed by atoms with E-state index in [9.17, 15) is 4.79 Å². The van der Waals surface area contributed by atoms with Crippen molar-refractivity contribution in [2.24, 2.45) is 5.92 Å². The highest BCUT2D eigenvalue weighted by Crippen LogP contribution is 2.13. The molecular weight excluding hydrogens is 166 g/mol. The summed E-state index contributed by atoms with van der Waals surface area (Å²) < 4.78 is 4.75. The van der Waals surface area contributed by atoms with E-state index in [1.165, 1.54) is 20.0 Å². The Morgan fingerprint density at radius 2 is 2.08 bits per heavy atom. The van der Waals surface area contributed by atoms with Crippen LogP contribution in [0.2, 0.25) is 0 Å². The molecule has 0 aromatic rings. The van der Waals surface area contributed by atoms with Crippen molar-refractivity contribution in [3.8, 4) is 0 Å². The van der Waals surface area contributed by atoms with Crippen LogP contribution in [0, 0.1) is 5.92 Å². The smallest absolute Gasteiger partial charge is 0.309 e. The molecule has 1 saturated heterocycles. The molecule has 0 spiro atoms. The summed E-state index contributed by atoms with van der Waals surface area (Å²) in [7, 11) is 1.47. The van der Waals surface area contributed by atoms with E-state index in [0.29, 0.717) is 0 Å². The van der Waals surface area contributed by atoms with Crippen LogP contribution in [-0.2, 0) is 9.53 Å². The molecule has 3 nitrogen and oxygen atoms in total. The number of likely N-dealkylation sites (tertiary alicyclic amines) is 1. The highest BCUT2D eigenvalue weighted by Gasteiger charge is 2.22. The lowest BCUT2D eigenvalue weighted by molar-refractivity contribution is -0.146. The van der Waals surface area contributed by atoms with Gasteiger partial charge in [0.1, 0.15) is 0 Å². The molecule has 1 atom stereocenters. The minimum absolute atomic E-state index is 0.0607. The maximum atomic E-state index is 11.3. The van der Waals surface area contributed by atoms with Crippen molar-refractivity contribution in [2.75, 3.05) is 26.7 Å². The van der Waals surface area contributed by atoms with Gasteiger partial charge in [0, 0.05) is 6.54 Å². The summed E-state index contributed by atoms with van der Waals surface area (Å²) >= 11 is 0. The zero-order chi connectivity index (χ0) is 9.68. The summed E-state index contributed by atoms with van der Waals surface area (Å²) in [5, 5.41) is 0. The molecule has 76 valence electrons. The normalized spacial score (nSPS) is 20.2. The van der Waals surface area contributed by atoms with Crippen molar-refractivity contribution in [1.29, 1.82) is 0 Å². The fourth-order valence-corrected chi connectivity index (χ4v) is 1.81. The summed E-state index contributed by atoms with van der Waals surface area (Å²) in [6, 6.07) is 0. The molecule has 0 radical (unpaired) electrons. The van der Waals surface area contributed by atoms with Gasteiger partial charge < -0.3 is 9.64 Å². The minimum Gasteiger partial charge on any atom is -0.469 e. The van der Waals surface area contributed by atoms with Crippen LogP contribution in [0.3, 0.4) is 0 Å². The fourth-order valence-electron chi connectivity index (χ4n) is 1.81. The van der Waals surface area contributed by atoms with E-state index in [-0.39, 0.29) is 11.9 Å². The number of carbonyl (C=O) groups is 1. The first-order valence-electron chi connectivity index (χ1n) is 5.08. The zero-order valence-electron chi connectivity index (χ0n) is 8.58. The van der Waals surface area contributed by atoms with Gasteiger partial charge in [0.15, 0.2) is 0 Å². The first-order valence-corrected chi connectivity index (χ1v) is 5.08. The number of nitrogens with zero attached hydrogens (tertiary/aromatic N) is 1. The summed E-state index contributed by atoms with van der Waals surface area (Å²) in [4.78, 5) is 13.6. The lowest BCUT2D eigenvalue weighted by atomic mass is 10.1. The van der Waals surface area contributed by atoms with Crippen LogP contribution >= 0.6 is 0 Å². The van der Waals surface area contributed by atoms with Crippen molar-refractivity contribution < 1.29 is 9.53 Å². The van der Waals surface area contributed by atoms with Gasteiger partial charge in [-0.25, -0.2) is 0 Å². The van der Waals surface area contributed by atoms with Gasteiger partial charge in [-0.05, 0) is 32.4 Å². The standard InChI is InChI=1S/C10H19NO2/c1-3-9(10(12)13-2)8-11-6-4-5-7-11/h9H,3-8H2,1-2H3. The van der Waals surface area contributed by atoms with Crippen molar-refractivity contribution in [1.82, 2.24) is 4.90 Å². The molecule has 0 saturated carbocycles. The summed E-state index contributed by atoms with van der Waals surface area (Å²) in [5.41, 5.74) is 0. The second-order valence-corrected chi connectivity index (χ2v) is 3.64. The summed E-state index contributed by atoms with van der Waals surface area (Å²) in [5.74, 6) is 0.0116. The Morgan fingerprint density at radius 3 is 2.54 bits per heavy atom. The summed E-state index contributed by atoms with van der Waals surface area (Å²) in [6.45, 7) is 5.21. The fraction of sp³-hybridized carbons (Fsp3) is 0.900. The highest BCUT2D eigenvalue weighted by atomic mass is 16.5. The van der Waals surface area contributed by atoms with E-state index in [1.807, 2.05) is 6.92 Å². The molecule has 0 aliphatic carbocycles. The average Bonchev–Trinajstić information content (AvgIpc) is 2.65. The number of carbonyl (C=O) groups excluding carboxylic acids is 1. The zero-order valence-corrected chi connectivity index (χ0v) is 8.58. The Bertz CT molecular complexity index is 164. The molecule has 0 bridgehead atoms. The van der Waals surface area contributed by atoms with Crippen LogP contribution in [0.25, 0.3) is 0 Å². The topological polar surface area (TPSA) is 29.5 Å². The van der Waals surface area contributed by atoms with E-state index in [2.05, 4.69) is 4.90 Å². The SMILES string of the molecule is CCC(CN1CCCC1)C(=O)OC. The number of methoxy groups -OCH3 is 1. The Morgan fingerprint density at radius 1 is 1.46 bits per heavy atom. The molecule has 13 heavy (non-hydrogen) atoms. The van der Waals surface area contributed by atoms with Gasteiger partial charge in [0.05, 0.1) is 13.0 Å². The molecule has 1 fully saturated rings. The van der Waals surface area contributed by atoms with Crippen LogP contribution in [0.5, 0.6) is 0 Å². The maximum absolute atomic E-state index is 11.3. The number of hydrogen-bond acceptors (Lipinski definition) is 3. The van der Waals surface area contributed by atoms with E-state index in [4.69, 9.17) is 4.74 Å². The molecule has 1 aliphatic heterocycles. The largest absolute Gasteiger partial charge is 0.469 e.